The molecule has 0 bridgehead atoms. The van der Waals surface area contributed by atoms with Crippen LogP contribution in [0.15, 0.2) is 12.4 Å². The van der Waals surface area contributed by atoms with E-state index in [9.17, 15) is 4.79 Å². The van der Waals surface area contributed by atoms with Crippen LogP contribution in [0.1, 0.15) is 30.2 Å². The van der Waals surface area contributed by atoms with Crippen LogP contribution in [0.4, 0.5) is 0 Å². The Hall–Kier alpha value is -0.970. The zero-order chi connectivity index (χ0) is 10.7. The molecule has 1 fully saturated rings. The molecule has 1 N–H and O–H groups in total. The topological polar surface area (TPSA) is 55.1 Å². The second-order valence-corrected chi connectivity index (χ2v) is 4.98. The van der Waals surface area contributed by atoms with Gasteiger partial charge in [-0.15, -0.1) is 11.8 Å². The monoisotopic (exact) mass is 226 g/mol. The lowest BCUT2D eigenvalue weighted by Crippen LogP contribution is -2.01. The molecule has 82 valence electrons. The smallest absolute Gasteiger partial charge is 0.303 e. The van der Waals surface area contributed by atoms with Crippen molar-refractivity contribution in [2.75, 3.05) is 5.75 Å². The first-order valence-corrected chi connectivity index (χ1v) is 6.17. The number of nitrogens with zero attached hydrogens (tertiary/aromatic N) is 2. The molecule has 1 unspecified atom stereocenters. The third kappa shape index (κ3) is 2.75. The number of hydrogen-bond acceptors (Lipinski definition) is 3. The third-order valence-corrected chi connectivity index (χ3v) is 3.84. The van der Waals surface area contributed by atoms with Gasteiger partial charge in [-0.05, 0) is 30.6 Å². The van der Waals surface area contributed by atoms with Gasteiger partial charge in [-0.2, -0.15) is 5.10 Å². The molecule has 0 aliphatic carbocycles. The van der Waals surface area contributed by atoms with Crippen molar-refractivity contribution in [1.29, 1.82) is 0 Å². The second kappa shape index (κ2) is 4.70. The highest BCUT2D eigenvalue weighted by Crippen LogP contribution is 2.34. The van der Waals surface area contributed by atoms with E-state index in [0.29, 0.717) is 11.8 Å². The lowest BCUT2D eigenvalue weighted by atomic mass is 10.2. The minimum Gasteiger partial charge on any atom is -0.481 e. The molecule has 0 radical (unpaired) electrons. The molecule has 15 heavy (non-hydrogen) atoms. The van der Waals surface area contributed by atoms with E-state index in [1.807, 2.05) is 22.6 Å². The van der Waals surface area contributed by atoms with Gasteiger partial charge < -0.3 is 5.11 Å². The SMILES string of the molecule is O=C(O)CCc1cnn(C2CCCS2)c1. The summed E-state index contributed by atoms with van der Waals surface area (Å²) in [6, 6.07) is 0. The highest BCUT2D eigenvalue weighted by atomic mass is 32.2. The molecular weight excluding hydrogens is 212 g/mol. The summed E-state index contributed by atoms with van der Waals surface area (Å²) in [7, 11) is 0. The molecule has 0 aromatic carbocycles. The molecule has 0 spiro atoms. The van der Waals surface area contributed by atoms with Crippen molar-refractivity contribution in [2.24, 2.45) is 0 Å². The average molecular weight is 226 g/mol. The predicted octanol–water partition coefficient (Wildman–Crippen LogP) is 1.93. The zero-order valence-corrected chi connectivity index (χ0v) is 9.24. The molecular formula is C10H14N2O2S. The Bertz CT molecular complexity index is 345. The molecule has 1 atom stereocenters. The van der Waals surface area contributed by atoms with Crippen LogP contribution in [0, 0.1) is 0 Å². The second-order valence-electron chi connectivity index (χ2n) is 3.69. The summed E-state index contributed by atoms with van der Waals surface area (Å²) < 4.78 is 1.97. The van der Waals surface area contributed by atoms with Crippen LogP contribution in [0.5, 0.6) is 0 Å². The maximum atomic E-state index is 10.4. The lowest BCUT2D eigenvalue weighted by molar-refractivity contribution is -0.136. The lowest BCUT2D eigenvalue weighted by Gasteiger charge is -2.07. The van der Waals surface area contributed by atoms with Crippen molar-refractivity contribution in [3.05, 3.63) is 18.0 Å². The first kappa shape index (κ1) is 10.5. The van der Waals surface area contributed by atoms with Gasteiger partial charge in [0.25, 0.3) is 0 Å². The molecule has 2 heterocycles. The Labute approximate surface area is 92.7 Å². The summed E-state index contributed by atoms with van der Waals surface area (Å²) in [5.74, 6) is 0.451. The number of carboxylic acids is 1. The van der Waals surface area contributed by atoms with Crippen LogP contribution >= 0.6 is 11.8 Å². The number of aromatic nitrogens is 2. The number of aliphatic carboxylic acids is 1. The Balaban J connectivity index is 1.94. The molecule has 5 heteroatoms. The van der Waals surface area contributed by atoms with E-state index in [0.717, 1.165) is 5.56 Å². The molecule has 1 aliphatic rings. The molecule has 0 amide bonds. The Morgan fingerprint density at radius 2 is 2.60 bits per heavy atom. The number of thioether (sulfide) groups is 1. The minimum absolute atomic E-state index is 0.184. The fourth-order valence-electron chi connectivity index (χ4n) is 1.68. The van der Waals surface area contributed by atoms with E-state index < -0.39 is 5.97 Å². The van der Waals surface area contributed by atoms with E-state index in [1.54, 1.807) is 6.20 Å². The Morgan fingerprint density at radius 1 is 1.73 bits per heavy atom. The first-order valence-electron chi connectivity index (χ1n) is 5.12. The van der Waals surface area contributed by atoms with Crippen LogP contribution in [-0.2, 0) is 11.2 Å². The Morgan fingerprint density at radius 3 is 3.27 bits per heavy atom. The maximum Gasteiger partial charge on any atom is 0.303 e. The van der Waals surface area contributed by atoms with Gasteiger partial charge in [-0.3, -0.25) is 9.48 Å². The fraction of sp³-hybridized carbons (Fsp3) is 0.600. The van der Waals surface area contributed by atoms with Gasteiger partial charge in [0.1, 0.15) is 0 Å². The summed E-state index contributed by atoms with van der Waals surface area (Å²) in [4.78, 5) is 10.4. The van der Waals surface area contributed by atoms with E-state index in [4.69, 9.17) is 5.11 Å². The summed E-state index contributed by atoms with van der Waals surface area (Å²) in [5, 5.41) is 13.3. The minimum atomic E-state index is -0.752. The summed E-state index contributed by atoms with van der Waals surface area (Å²) in [6.45, 7) is 0. The van der Waals surface area contributed by atoms with Crippen LogP contribution < -0.4 is 0 Å². The van der Waals surface area contributed by atoms with Crippen molar-refractivity contribution in [3.63, 3.8) is 0 Å². The van der Waals surface area contributed by atoms with Crippen molar-refractivity contribution < 1.29 is 9.90 Å². The number of carbonyl (C=O) groups is 1. The zero-order valence-electron chi connectivity index (χ0n) is 8.43. The summed E-state index contributed by atoms with van der Waals surface area (Å²) in [5.41, 5.74) is 1.02. The van der Waals surface area contributed by atoms with Gasteiger partial charge in [0.15, 0.2) is 0 Å². The first-order chi connectivity index (χ1) is 7.25. The van der Waals surface area contributed by atoms with Gasteiger partial charge >= 0.3 is 5.97 Å². The van der Waals surface area contributed by atoms with Gasteiger partial charge in [0.2, 0.25) is 0 Å². The summed E-state index contributed by atoms with van der Waals surface area (Å²) in [6.07, 6.45) is 6.94. The van der Waals surface area contributed by atoms with Gasteiger partial charge in [-0.25, -0.2) is 0 Å². The molecule has 0 saturated carbocycles. The number of aryl methyl sites for hydroxylation is 1. The van der Waals surface area contributed by atoms with Crippen molar-refractivity contribution in [3.8, 4) is 0 Å². The summed E-state index contributed by atoms with van der Waals surface area (Å²) >= 11 is 1.92. The van der Waals surface area contributed by atoms with Crippen LogP contribution in [0.3, 0.4) is 0 Å². The fourth-order valence-corrected chi connectivity index (χ4v) is 2.89. The number of rotatable bonds is 4. The standard InChI is InChI=1S/C10H14N2O2S/c13-10(14)4-3-8-6-11-12(7-8)9-2-1-5-15-9/h6-7,9H,1-5H2,(H,13,14). The van der Waals surface area contributed by atoms with E-state index in [2.05, 4.69) is 5.10 Å². The van der Waals surface area contributed by atoms with E-state index in [-0.39, 0.29) is 6.42 Å². The molecule has 4 nitrogen and oxygen atoms in total. The molecule has 1 aliphatic heterocycles. The normalized spacial score (nSPS) is 20.7. The molecule has 1 saturated heterocycles. The van der Waals surface area contributed by atoms with Gasteiger partial charge in [0.05, 0.1) is 11.6 Å². The van der Waals surface area contributed by atoms with Gasteiger partial charge in [-0.1, -0.05) is 0 Å². The van der Waals surface area contributed by atoms with Crippen LogP contribution in [0.2, 0.25) is 0 Å². The van der Waals surface area contributed by atoms with Crippen molar-refractivity contribution >= 4 is 17.7 Å². The maximum absolute atomic E-state index is 10.4. The predicted molar refractivity (Wildman–Crippen MR) is 58.9 cm³/mol. The highest BCUT2D eigenvalue weighted by Gasteiger charge is 2.18. The largest absolute Gasteiger partial charge is 0.481 e. The van der Waals surface area contributed by atoms with E-state index >= 15 is 0 Å². The van der Waals surface area contributed by atoms with Crippen LogP contribution in [-0.4, -0.2) is 26.6 Å². The van der Waals surface area contributed by atoms with Gasteiger partial charge in [0, 0.05) is 12.6 Å². The molecule has 1 aromatic rings. The highest BCUT2D eigenvalue weighted by molar-refractivity contribution is 7.99. The van der Waals surface area contributed by atoms with Crippen molar-refractivity contribution in [1.82, 2.24) is 9.78 Å². The third-order valence-electron chi connectivity index (χ3n) is 2.48. The van der Waals surface area contributed by atoms with Crippen LogP contribution in [0.25, 0.3) is 0 Å². The number of hydrogen-bond donors (Lipinski definition) is 1. The van der Waals surface area contributed by atoms with E-state index in [1.165, 1.54) is 18.6 Å². The molecule has 1 aromatic heterocycles. The quantitative estimate of drug-likeness (QED) is 0.852. The number of carboxylic acid groups (broad SMARTS) is 1. The van der Waals surface area contributed by atoms with Crippen molar-refractivity contribution in [2.45, 2.75) is 31.1 Å². The molecule has 2 rings (SSSR count). The Kier molecular flexibility index (Phi) is 3.30. The average Bonchev–Trinajstić information content (AvgIpc) is 2.85.